The van der Waals surface area contributed by atoms with Gasteiger partial charge in [0.15, 0.2) is 0 Å². The van der Waals surface area contributed by atoms with E-state index in [9.17, 15) is 0 Å². The minimum atomic E-state index is 0.342. The number of nitrogens with one attached hydrogen (secondary N) is 1. The van der Waals surface area contributed by atoms with Gasteiger partial charge in [-0.2, -0.15) is 0 Å². The molecule has 1 saturated heterocycles. The smallest absolute Gasteiger partial charge is 0.0244 e. The molecule has 2 nitrogen and oxygen atoms in total. The summed E-state index contributed by atoms with van der Waals surface area (Å²) in [5, 5.41) is 3.57. The Morgan fingerprint density at radius 2 is 2.21 bits per heavy atom. The number of nitrogens with zero attached hydrogens (tertiary/aromatic N) is 1. The standard InChI is InChI=1S/C12H22N2/c1-5-6-8-14-9-7-13-11(10-14)12(2,3)4/h1,11,13H,6-10H2,2-4H3. The van der Waals surface area contributed by atoms with Crippen LogP contribution in [0.1, 0.15) is 27.2 Å². The summed E-state index contributed by atoms with van der Waals surface area (Å²) in [6, 6.07) is 0.592. The van der Waals surface area contributed by atoms with E-state index in [0.717, 1.165) is 32.6 Å². The molecule has 14 heavy (non-hydrogen) atoms. The number of hydrogen-bond acceptors (Lipinski definition) is 2. The summed E-state index contributed by atoms with van der Waals surface area (Å²) in [6.45, 7) is 11.3. The first-order valence-corrected chi connectivity index (χ1v) is 5.43. The van der Waals surface area contributed by atoms with E-state index in [2.05, 4.69) is 36.9 Å². The van der Waals surface area contributed by atoms with E-state index in [-0.39, 0.29) is 0 Å². The molecule has 1 aliphatic rings. The van der Waals surface area contributed by atoms with E-state index in [4.69, 9.17) is 6.42 Å². The van der Waals surface area contributed by atoms with Gasteiger partial charge in [-0.25, -0.2) is 0 Å². The Morgan fingerprint density at radius 3 is 2.79 bits per heavy atom. The van der Waals surface area contributed by atoms with Crippen molar-refractivity contribution in [1.29, 1.82) is 0 Å². The highest BCUT2D eigenvalue weighted by Gasteiger charge is 2.28. The molecule has 80 valence electrons. The molecule has 1 N–H and O–H groups in total. The van der Waals surface area contributed by atoms with Gasteiger partial charge >= 0.3 is 0 Å². The molecule has 0 saturated carbocycles. The van der Waals surface area contributed by atoms with Gasteiger partial charge in [-0.3, -0.25) is 4.90 Å². The molecule has 2 heteroatoms. The topological polar surface area (TPSA) is 15.3 Å². The maximum absolute atomic E-state index is 5.27. The molecule has 0 aromatic rings. The molecule has 1 atom stereocenters. The second kappa shape index (κ2) is 4.82. The molecule has 0 aliphatic carbocycles. The molecular formula is C12H22N2. The number of piperazine rings is 1. The molecule has 0 aromatic heterocycles. The first-order chi connectivity index (χ1) is 6.54. The predicted molar refractivity (Wildman–Crippen MR) is 61.1 cm³/mol. The van der Waals surface area contributed by atoms with Gasteiger partial charge in [0.25, 0.3) is 0 Å². The molecule has 1 rings (SSSR count). The molecule has 0 aromatic carbocycles. The third-order valence-corrected chi connectivity index (χ3v) is 2.88. The second-order valence-electron chi connectivity index (χ2n) is 5.13. The predicted octanol–water partition coefficient (Wildman–Crippen LogP) is 1.33. The van der Waals surface area contributed by atoms with E-state index < -0.39 is 0 Å². The maximum Gasteiger partial charge on any atom is 0.0244 e. The van der Waals surface area contributed by atoms with Gasteiger partial charge in [-0.1, -0.05) is 20.8 Å². The van der Waals surface area contributed by atoms with Crippen LogP contribution in [-0.2, 0) is 0 Å². The average molecular weight is 194 g/mol. The Hall–Kier alpha value is -0.520. The van der Waals surface area contributed by atoms with Crippen molar-refractivity contribution in [3.63, 3.8) is 0 Å². The van der Waals surface area contributed by atoms with Crippen LogP contribution in [0.3, 0.4) is 0 Å². The van der Waals surface area contributed by atoms with E-state index in [0.29, 0.717) is 11.5 Å². The van der Waals surface area contributed by atoms with Gasteiger partial charge in [-0.05, 0) is 5.41 Å². The Balaban J connectivity index is 2.40. The fourth-order valence-corrected chi connectivity index (χ4v) is 1.82. The van der Waals surface area contributed by atoms with Crippen LogP contribution in [0.5, 0.6) is 0 Å². The molecule has 0 bridgehead atoms. The Kier molecular flexibility index (Phi) is 3.97. The summed E-state index contributed by atoms with van der Waals surface area (Å²) in [7, 11) is 0. The van der Waals surface area contributed by atoms with Crippen molar-refractivity contribution in [2.24, 2.45) is 5.41 Å². The van der Waals surface area contributed by atoms with Crippen molar-refractivity contribution in [3.8, 4) is 12.3 Å². The summed E-state index contributed by atoms with van der Waals surface area (Å²) >= 11 is 0. The lowest BCUT2D eigenvalue weighted by molar-refractivity contribution is 0.136. The molecule has 1 fully saturated rings. The lowest BCUT2D eigenvalue weighted by Gasteiger charge is -2.40. The lowest BCUT2D eigenvalue weighted by atomic mass is 9.85. The van der Waals surface area contributed by atoms with Gasteiger partial charge in [0, 0.05) is 38.6 Å². The molecule has 1 aliphatic heterocycles. The molecule has 0 spiro atoms. The second-order valence-corrected chi connectivity index (χ2v) is 5.13. The van der Waals surface area contributed by atoms with E-state index in [1.807, 2.05) is 0 Å². The van der Waals surface area contributed by atoms with Crippen LogP contribution < -0.4 is 5.32 Å². The molecule has 0 amide bonds. The zero-order chi connectivity index (χ0) is 10.6. The minimum absolute atomic E-state index is 0.342. The molecule has 1 unspecified atom stereocenters. The zero-order valence-corrected chi connectivity index (χ0v) is 9.64. The molecular weight excluding hydrogens is 172 g/mol. The first kappa shape index (κ1) is 11.6. The summed E-state index contributed by atoms with van der Waals surface area (Å²) < 4.78 is 0. The van der Waals surface area contributed by atoms with Crippen LogP contribution in [0, 0.1) is 17.8 Å². The largest absolute Gasteiger partial charge is 0.311 e. The average Bonchev–Trinajstić information content (AvgIpc) is 2.14. The van der Waals surface area contributed by atoms with Crippen molar-refractivity contribution in [2.45, 2.75) is 33.2 Å². The van der Waals surface area contributed by atoms with Gasteiger partial charge in [-0.15, -0.1) is 12.3 Å². The van der Waals surface area contributed by atoms with Crippen LogP contribution in [-0.4, -0.2) is 37.1 Å². The fourth-order valence-electron chi connectivity index (χ4n) is 1.82. The fraction of sp³-hybridized carbons (Fsp3) is 0.833. The number of rotatable bonds is 2. The summed E-state index contributed by atoms with van der Waals surface area (Å²) in [6.07, 6.45) is 6.15. The quantitative estimate of drug-likeness (QED) is 0.667. The van der Waals surface area contributed by atoms with Gasteiger partial charge in [0.2, 0.25) is 0 Å². The highest BCUT2D eigenvalue weighted by Crippen LogP contribution is 2.21. The molecule has 1 heterocycles. The van der Waals surface area contributed by atoms with Crippen molar-refractivity contribution < 1.29 is 0 Å². The van der Waals surface area contributed by atoms with Crippen molar-refractivity contribution >= 4 is 0 Å². The van der Waals surface area contributed by atoms with Crippen LogP contribution >= 0.6 is 0 Å². The number of hydrogen-bond donors (Lipinski definition) is 1. The van der Waals surface area contributed by atoms with E-state index in [1.54, 1.807) is 0 Å². The van der Waals surface area contributed by atoms with Crippen molar-refractivity contribution in [2.75, 3.05) is 26.2 Å². The molecule has 0 radical (unpaired) electrons. The monoisotopic (exact) mass is 194 g/mol. The summed E-state index contributed by atoms with van der Waals surface area (Å²) in [5.74, 6) is 2.71. The SMILES string of the molecule is C#CCCN1CCNC(C(C)(C)C)C1. The summed E-state index contributed by atoms with van der Waals surface area (Å²) in [5.41, 5.74) is 0.342. The van der Waals surface area contributed by atoms with E-state index >= 15 is 0 Å². The van der Waals surface area contributed by atoms with Crippen molar-refractivity contribution in [3.05, 3.63) is 0 Å². The van der Waals surface area contributed by atoms with Gasteiger partial charge < -0.3 is 5.32 Å². The lowest BCUT2D eigenvalue weighted by Crippen LogP contribution is -2.55. The highest BCUT2D eigenvalue weighted by atomic mass is 15.2. The van der Waals surface area contributed by atoms with Crippen molar-refractivity contribution in [1.82, 2.24) is 10.2 Å². The van der Waals surface area contributed by atoms with Gasteiger partial charge in [0.05, 0.1) is 0 Å². The zero-order valence-electron chi connectivity index (χ0n) is 9.64. The van der Waals surface area contributed by atoms with Crippen LogP contribution in [0.15, 0.2) is 0 Å². The third-order valence-electron chi connectivity index (χ3n) is 2.88. The maximum atomic E-state index is 5.27. The normalized spacial score (nSPS) is 24.6. The van der Waals surface area contributed by atoms with Gasteiger partial charge in [0.1, 0.15) is 0 Å². The highest BCUT2D eigenvalue weighted by molar-refractivity contribution is 4.90. The van der Waals surface area contributed by atoms with E-state index in [1.165, 1.54) is 0 Å². The van der Waals surface area contributed by atoms with Crippen LogP contribution in [0.25, 0.3) is 0 Å². The number of terminal acetylenes is 1. The minimum Gasteiger partial charge on any atom is -0.311 e. The summed E-state index contributed by atoms with van der Waals surface area (Å²) in [4.78, 5) is 2.46. The Labute approximate surface area is 88.1 Å². The Morgan fingerprint density at radius 1 is 1.50 bits per heavy atom. The first-order valence-electron chi connectivity index (χ1n) is 5.43. The Bertz CT molecular complexity index is 209. The van der Waals surface area contributed by atoms with Crippen LogP contribution in [0.2, 0.25) is 0 Å². The van der Waals surface area contributed by atoms with Crippen LogP contribution in [0.4, 0.5) is 0 Å². The third kappa shape index (κ3) is 3.32.